The van der Waals surface area contributed by atoms with Crippen molar-refractivity contribution in [2.24, 2.45) is 10.9 Å². The summed E-state index contributed by atoms with van der Waals surface area (Å²) in [7, 11) is 0. The molecule has 0 saturated carbocycles. The fraction of sp³-hybridized carbons (Fsp3) is 0.0625. The van der Waals surface area contributed by atoms with E-state index in [1.807, 2.05) is 36.6 Å². The Morgan fingerprint density at radius 3 is 2.75 bits per heavy atom. The first-order chi connectivity index (χ1) is 11.7. The monoisotopic (exact) mass is 358 g/mol. The summed E-state index contributed by atoms with van der Waals surface area (Å²) < 4.78 is 1.71. The topological polar surface area (TPSA) is 82.5 Å². The molecule has 0 atom stereocenters. The van der Waals surface area contributed by atoms with Gasteiger partial charge in [0.2, 0.25) is 0 Å². The molecule has 3 rings (SSSR count). The molecule has 1 aromatic carbocycles. The minimum Gasteiger partial charge on any atom is -0.380 e. The van der Waals surface area contributed by atoms with Gasteiger partial charge in [-0.25, -0.2) is 9.48 Å². The summed E-state index contributed by atoms with van der Waals surface area (Å²) in [6.07, 6.45) is 3.66. The summed E-state index contributed by atoms with van der Waals surface area (Å²) >= 11 is 2.72. The number of para-hydroxylation sites is 1. The second-order valence-corrected chi connectivity index (χ2v) is 6.41. The number of benzene rings is 1. The average Bonchev–Trinajstić information content (AvgIpc) is 3.29. The van der Waals surface area contributed by atoms with E-state index in [2.05, 4.69) is 10.3 Å². The van der Waals surface area contributed by atoms with Gasteiger partial charge in [0.1, 0.15) is 9.90 Å². The van der Waals surface area contributed by atoms with E-state index >= 15 is 0 Å². The van der Waals surface area contributed by atoms with Crippen molar-refractivity contribution >= 4 is 34.9 Å². The van der Waals surface area contributed by atoms with Crippen LogP contribution in [0.25, 0.3) is 5.69 Å². The lowest BCUT2D eigenvalue weighted by Crippen LogP contribution is -2.15. The number of nitrogens with two attached hydrogens (primary N) is 1. The number of amidine groups is 1. The highest BCUT2D eigenvalue weighted by molar-refractivity contribution is 7.98. The summed E-state index contributed by atoms with van der Waals surface area (Å²) in [5.41, 5.74) is 7.50. The predicted molar refractivity (Wildman–Crippen MR) is 95.8 cm³/mol. The van der Waals surface area contributed by atoms with Gasteiger partial charge in [-0.2, -0.15) is 5.10 Å². The molecule has 0 radical (unpaired) electrons. The molecule has 2 aromatic heterocycles. The lowest BCUT2D eigenvalue weighted by molar-refractivity contribution is 0.0522. The van der Waals surface area contributed by atoms with Crippen LogP contribution in [0.3, 0.4) is 0 Å². The van der Waals surface area contributed by atoms with Crippen LogP contribution in [-0.2, 0) is 4.84 Å². The van der Waals surface area contributed by atoms with Crippen molar-refractivity contribution in [2.45, 2.75) is 5.03 Å². The van der Waals surface area contributed by atoms with Crippen LogP contribution < -0.4 is 5.73 Å². The Labute approximate surface area is 146 Å². The van der Waals surface area contributed by atoms with E-state index in [-0.39, 0.29) is 5.84 Å². The van der Waals surface area contributed by atoms with Crippen molar-refractivity contribution in [1.82, 2.24) is 9.78 Å². The SMILES string of the molecule is CSc1nn(-c2ccccc2)cc1C(N)=NOC(=O)c1cccs1. The van der Waals surface area contributed by atoms with Gasteiger partial charge in [-0.05, 0) is 29.8 Å². The normalized spacial score (nSPS) is 11.5. The van der Waals surface area contributed by atoms with E-state index in [0.29, 0.717) is 15.5 Å². The van der Waals surface area contributed by atoms with Crippen LogP contribution in [0.15, 0.2) is 64.2 Å². The van der Waals surface area contributed by atoms with Crippen LogP contribution in [0, 0.1) is 0 Å². The molecule has 0 fully saturated rings. The highest BCUT2D eigenvalue weighted by atomic mass is 32.2. The Morgan fingerprint density at radius 1 is 1.29 bits per heavy atom. The molecule has 122 valence electrons. The van der Waals surface area contributed by atoms with Crippen LogP contribution in [0.5, 0.6) is 0 Å². The summed E-state index contributed by atoms with van der Waals surface area (Å²) in [6, 6.07) is 13.1. The summed E-state index contributed by atoms with van der Waals surface area (Å²) in [6.45, 7) is 0. The molecule has 0 amide bonds. The highest BCUT2D eigenvalue weighted by Crippen LogP contribution is 2.20. The Balaban J connectivity index is 1.84. The molecular formula is C16H14N4O2S2. The predicted octanol–water partition coefficient (Wildman–Crippen LogP) is 3.13. The van der Waals surface area contributed by atoms with E-state index in [9.17, 15) is 4.79 Å². The number of rotatable bonds is 5. The van der Waals surface area contributed by atoms with Crippen LogP contribution in [0.4, 0.5) is 0 Å². The van der Waals surface area contributed by atoms with Crippen molar-refractivity contribution in [3.05, 3.63) is 64.5 Å². The molecule has 8 heteroatoms. The first-order valence-corrected chi connectivity index (χ1v) is 9.07. The standard InChI is InChI=1S/C16H14N4O2S2/c1-23-15-12(10-20(18-15)11-6-3-2-4-7-11)14(17)19-22-16(21)13-8-5-9-24-13/h2-10H,1H3,(H2,17,19). The van der Waals surface area contributed by atoms with Crippen LogP contribution >= 0.6 is 23.1 Å². The molecule has 2 N–H and O–H groups in total. The first kappa shape index (κ1) is 16.3. The smallest absolute Gasteiger partial charge is 0.375 e. The largest absolute Gasteiger partial charge is 0.380 e. The maximum absolute atomic E-state index is 11.8. The fourth-order valence-corrected chi connectivity index (χ4v) is 3.12. The van der Waals surface area contributed by atoms with Crippen molar-refractivity contribution in [3.8, 4) is 5.69 Å². The number of hydrogen-bond acceptors (Lipinski definition) is 6. The van der Waals surface area contributed by atoms with Crippen molar-refractivity contribution in [3.63, 3.8) is 0 Å². The number of thioether (sulfide) groups is 1. The number of thiophene rings is 1. The molecule has 0 aliphatic carbocycles. The molecule has 0 spiro atoms. The summed E-state index contributed by atoms with van der Waals surface area (Å²) in [5.74, 6) is -0.430. The number of nitrogens with zero attached hydrogens (tertiary/aromatic N) is 3. The third-order valence-corrected chi connectivity index (χ3v) is 4.66. The van der Waals surface area contributed by atoms with Gasteiger partial charge in [-0.15, -0.1) is 23.1 Å². The lowest BCUT2D eigenvalue weighted by atomic mass is 10.3. The third kappa shape index (κ3) is 3.50. The van der Waals surface area contributed by atoms with E-state index in [1.165, 1.54) is 23.1 Å². The highest BCUT2D eigenvalue weighted by Gasteiger charge is 2.15. The lowest BCUT2D eigenvalue weighted by Gasteiger charge is -1.99. The van der Waals surface area contributed by atoms with Gasteiger partial charge in [-0.3, -0.25) is 0 Å². The quantitative estimate of drug-likeness (QED) is 0.249. The Hall–Kier alpha value is -2.58. The van der Waals surface area contributed by atoms with Crippen molar-refractivity contribution in [2.75, 3.05) is 6.26 Å². The maximum atomic E-state index is 11.8. The number of carbonyl (C=O) groups is 1. The van der Waals surface area contributed by atoms with E-state index in [0.717, 1.165) is 5.69 Å². The zero-order valence-electron chi connectivity index (χ0n) is 12.7. The number of aromatic nitrogens is 2. The zero-order valence-corrected chi connectivity index (χ0v) is 14.4. The second-order valence-electron chi connectivity index (χ2n) is 4.66. The van der Waals surface area contributed by atoms with Gasteiger partial charge in [0.15, 0.2) is 5.84 Å². The van der Waals surface area contributed by atoms with E-state index < -0.39 is 5.97 Å². The fourth-order valence-electron chi connectivity index (χ4n) is 1.98. The second kappa shape index (κ2) is 7.33. The summed E-state index contributed by atoms with van der Waals surface area (Å²) in [4.78, 5) is 17.2. The summed E-state index contributed by atoms with van der Waals surface area (Å²) in [5, 5.41) is 10.7. The van der Waals surface area contributed by atoms with Gasteiger partial charge >= 0.3 is 5.97 Å². The van der Waals surface area contributed by atoms with Gasteiger partial charge < -0.3 is 10.6 Å². The van der Waals surface area contributed by atoms with E-state index in [4.69, 9.17) is 10.6 Å². The molecule has 0 aliphatic heterocycles. The Kier molecular flexibility index (Phi) is 4.97. The average molecular weight is 358 g/mol. The minimum atomic E-state index is -0.533. The molecule has 0 bridgehead atoms. The van der Waals surface area contributed by atoms with Crippen molar-refractivity contribution < 1.29 is 9.63 Å². The molecule has 3 aromatic rings. The molecule has 0 saturated heterocycles. The van der Waals surface area contributed by atoms with Crippen LogP contribution in [0.1, 0.15) is 15.2 Å². The third-order valence-electron chi connectivity index (χ3n) is 3.12. The Morgan fingerprint density at radius 2 is 2.08 bits per heavy atom. The molecule has 24 heavy (non-hydrogen) atoms. The molecule has 2 heterocycles. The van der Waals surface area contributed by atoms with Crippen LogP contribution in [0.2, 0.25) is 0 Å². The zero-order chi connectivity index (χ0) is 16.9. The number of hydrogen-bond donors (Lipinski definition) is 1. The van der Waals surface area contributed by atoms with Gasteiger partial charge in [-0.1, -0.05) is 29.4 Å². The van der Waals surface area contributed by atoms with Gasteiger partial charge in [0, 0.05) is 6.20 Å². The minimum absolute atomic E-state index is 0.103. The van der Waals surface area contributed by atoms with Gasteiger partial charge in [0.25, 0.3) is 0 Å². The number of oxime groups is 1. The number of carbonyl (C=O) groups excluding carboxylic acids is 1. The van der Waals surface area contributed by atoms with Gasteiger partial charge in [0.05, 0.1) is 11.3 Å². The molecule has 0 unspecified atom stereocenters. The molecule has 6 nitrogen and oxygen atoms in total. The van der Waals surface area contributed by atoms with Crippen molar-refractivity contribution in [1.29, 1.82) is 0 Å². The van der Waals surface area contributed by atoms with E-state index in [1.54, 1.807) is 28.4 Å². The molecular weight excluding hydrogens is 344 g/mol. The Bertz CT molecular complexity index is 858. The molecule has 0 aliphatic rings. The maximum Gasteiger partial charge on any atom is 0.375 e. The first-order valence-electron chi connectivity index (χ1n) is 6.97. The van der Waals surface area contributed by atoms with Crippen LogP contribution in [-0.4, -0.2) is 27.8 Å².